The smallest absolute Gasteiger partial charge is 0.246 e. The fourth-order valence-electron chi connectivity index (χ4n) is 9.59. The lowest BCUT2D eigenvalue weighted by atomic mass is 9.85. The maximum absolute atomic E-state index is 14.6. The van der Waals surface area contributed by atoms with E-state index in [2.05, 4.69) is 43.3 Å². The summed E-state index contributed by atoms with van der Waals surface area (Å²) in [5, 5.41) is 20.9. The van der Waals surface area contributed by atoms with Crippen molar-refractivity contribution in [1.82, 2.24) is 47.0 Å². The Labute approximate surface area is 378 Å². The van der Waals surface area contributed by atoms with E-state index >= 15 is 0 Å². The molecular formula is C47H73N9O8. The second-order valence-corrected chi connectivity index (χ2v) is 20.5. The Morgan fingerprint density at radius 1 is 0.656 bits per heavy atom. The molecule has 64 heavy (non-hydrogen) atoms. The molecule has 1 saturated carbocycles. The molecule has 2 saturated heterocycles. The first kappa shape index (κ1) is 50.1. The third-order valence-electron chi connectivity index (χ3n) is 13.7. The Morgan fingerprint density at radius 2 is 1.16 bits per heavy atom. The van der Waals surface area contributed by atoms with E-state index in [1.165, 1.54) is 15.4 Å². The van der Waals surface area contributed by atoms with Crippen molar-refractivity contribution < 1.29 is 38.4 Å². The molecule has 2 heterocycles. The maximum Gasteiger partial charge on any atom is 0.246 e. The van der Waals surface area contributed by atoms with Crippen LogP contribution in [-0.2, 0) is 44.8 Å². The number of carbonyl (C=O) groups excluding carboxylic acids is 8. The second kappa shape index (κ2) is 20.9. The third-order valence-corrected chi connectivity index (χ3v) is 13.7. The molecule has 0 radical (unpaired) electrons. The van der Waals surface area contributed by atoms with Crippen LogP contribution in [0, 0.1) is 22.7 Å². The number of carbonyl (C=O) groups is 8. The van der Waals surface area contributed by atoms with Gasteiger partial charge in [-0.25, -0.2) is 0 Å². The van der Waals surface area contributed by atoms with E-state index in [0.29, 0.717) is 25.5 Å². The van der Waals surface area contributed by atoms with E-state index in [4.69, 9.17) is 0 Å². The van der Waals surface area contributed by atoms with Crippen molar-refractivity contribution in [3.63, 3.8) is 0 Å². The van der Waals surface area contributed by atoms with Crippen LogP contribution >= 0.6 is 0 Å². The third kappa shape index (κ3) is 11.7. The molecule has 7 amide bonds. The van der Waals surface area contributed by atoms with Crippen LogP contribution in [0.15, 0.2) is 24.3 Å². The fraction of sp³-hybridized carbons (Fsp3) is 0.702. The van der Waals surface area contributed by atoms with Gasteiger partial charge < -0.3 is 51.8 Å². The molecule has 17 heteroatoms. The first-order valence-electron chi connectivity index (χ1n) is 23.1. The number of hydrogen-bond acceptors (Lipinski definition) is 10. The number of amides is 7. The molecule has 4 aliphatic rings. The van der Waals surface area contributed by atoms with E-state index < -0.39 is 82.8 Å². The molecule has 0 spiro atoms. The molecule has 1 aromatic rings. The fourth-order valence-corrected chi connectivity index (χ4v) is 9.59. The minimum Gasteiger partial charge on any atom is -0.351 e. The molecule has 0 aromatic heterocycles. The Hall–Kier alpha value is -4.90. The van der Waals surface area contributed by atoms with Gasteiger partial charge in [0.15, 0.2) is 0 Å². The van der Waals surface area contributed by atoms with Crippen molar-refractivity contribution >= 4 is 47.6 Å². The summed E-state index contributed by atoms with van der Waals surface area (Å²) in [5.74, 6) is -3.96. The quantitative estimate of drug-likeness (QED) is 0.125. The molecule has 354 valence electrons. The van der Waals surface area contributed by atoms with Gasteiger partial charge in [0.2, 0.25) is 41.4 Å². The zero-order chi connectivity index (χ0) is 47.3. The number of likely N-dealkylation sites (N-methyl/N-ethyl adjacent to an activating group) is 2. The summed E-state index contributed by atoms with van der Waals surface area (Å²) in [7, 11) is 3.30. The van der Waals surface area contributed by atoms with Crippen molar-refractivity contribution in [3.05, 3.63) is 35.4 Å². The lowest BCUT2D eigenvalue weighted by Gasteiger charge is -2.36. The van der Waals surface area contributed by atoms with Crippen LogP contribution in [0.1, 0.15) is 118 Å². The van der Waals surface area contributed by atoms with Crippen LogP contribution < -0.4 is 37.2 Å². The molecular weight excluding hydrogens is 819 g/mol. The van der Waals surface area contributed by atoms with Gasteiger partial charge in [-0.15, -0.1) is 0 Å². The standard InChI is InChI=1S/C47H73N9O8/c1-26(48-9)39(58)53-37(46(3,4)5)44(63)55-23-29(21-31(55)25-57)50-41(60)33-18-14-19-34(33)42(61)51-30-22-36(43(62)52-35-20-13-16-28-15-11-12-17-32(28)35)56(24-30)45(64)38(47(6,7)8)54-40(59)27(2)49-10/h11-12,15,17,25-27,29-31,33-38,48-49H,13-14,16,18-24H2,1-10H3,(H,50,60)(H,51,61)(H,52,62)(H,53,58)(H,54,59)/t26-,27-,29-,30-,31?,33?,34?,35+,36?,37+,38?/m0/s1. The first-order valence-corrected chi connectivity index (χ1v) is 23.1. The summed E-state index contributed by atoms with van der Waals surface area (Å²) in [4.78, 5) is 112. The van der Waals surface area contributed by atoms with Gasteiger partial charge in [-0.3, -0.25) is 33.6 Å². The molecule has 3 fully saturated rings. The van der Waals surface area contributed by atoms with Crippen molar-refractivity contribution in [3.8, 4) is 0 Å². The van der Waals surface area contributed by atoms with Gasteiger partial charge in [-0.1, -0.05) is 72.2 Å². The van der Waals surface area contributed by atoms with Gasteiger partial charge in [0.05, 0.1) is 24.2 Å². The normalized spacial score (nSPS) is 26.4. The highest BCUT2D eigenvalue weighted by molar-refractivity contribution is 5.95. The van der Waals surface area contributed by atoms with E-state index in [9.17, 15) is 38.4 Å². The number of benzene rings is 1. The highest BCUT2D eigenvalue weighted by Gasteiger charge is 2.48. The lowest BCUT2D eigenvalue weighted by molar-refractivity contribution is -0.144. The summed E-state index contributed by atoms with van der Waals surface area (Å²) < 4.78 is 0. The summed E-state index contributed by atoms with van der Waals surface area (Å²) >= 11 is 0. The number of rotatable bonds is 15. The number of aldehydes is 1. The molecule has 17 nitrogen and oxygen atoms in total. The predicted octanol–water partition coefficient (Wildman–Crippen LogP) is 1.24. The van der Waals surface area contributed by atoms with Crippen molar-refractivity contribution in [2.45, 2.75) is 161 Å². The summed E-state index contributed by atoms with van der Waals surface area (Å²) in [6, 6.07) is 1.84. The number of hydrogen-bond donors (Lipinski definition) is 7. The van der Waals surface area contributed by atoms with Gasteiger partial charge in [-0.2, -0.15) is 0 Å². The van der Waals surface area contributed by atoms with Crippen LogP contribution in [0.2, 0.25) is 0 Å². The number of nitrogens with one attached hydrogen (secondary N) is 7. The molecule has 7 N–H and O–H groups in total. The van der Waals surface area contributed by atoms with Crippen LogP contribution in [0.3, 0.4) is 0 Å². The number of aryl methyl sites for hydroxylation is 1. The molecule has 1 aromatic carbocycles. The van der Waals surface area contributed by atoms with Gasteiger partial charge >= 0.3 is 0 Å². The van der Waals surface area contributed by atoms with Crippen LogP contribution in [0.5, 0.6) is 0 Å². The Morgan fingerprint density at radius 3 is 1.67 bits per heavy atom. The molecule has 2 aliphatic carbocycles. The van der Waals surface area contributed by atoms with E-state index in [1.807, 2.05) is 59.7 Å². The minimum atomic E-state index is -0.973. The minimum absolute atomic E-state index is 0.0282. The Balaban J connectivity index is 1.29. The van der Waals surface area contributed by atoms with E-state index in [1.54, 1.807) is 27.9 Å². The average Bonchev–Trinajstić information content (AvgIpc) is 4.02. The second-order valence-electron chi connectivity index (χ2n) is 20.5. The van der Waals surface area contributed by atoms with E-state index in [0.717, 1.165) is 24.8 Å². The van der Waals surface area contributed by atoms with Gasteiger partial charge in [0, 0.05) is 37.0 Å². The molecule has 11 atom stereocenters. The van der Waals surface area contributed by atoms with E-state index in [-0.39, 0.29) is 61.5 Å². The van der Waals surface area contributed by atoms with Gasteiger partial charge in [-0.05, 0) is 94.8 Å². The predicted molar refractivity (Wildman–Crippen MR) is 241 cm³/mol. The monoisotopic (exact) mass is 892 g/mol. The summed E-state index contributed by atoms with van der Waals surface area (Å²) in [5.41, 5.74) is 0.819. The topological polar surface area (TPSA) is 227 Å². The SMILES string of the molecule is CN[C@@H](C)C(=O)NC(C(=O)N1C[C@@H](NC(=O)C2CCCC2C(=O)N[C@H]2CC(C=O)N(C(=O)[C@@H](NC(=O)[C@H](C)NC)C(C)(C)C)C2)CC1C(=O)N[C@@H]1CCCc2ccccc21)C(C)(C)C. The summed E-state index contributed by atoms with van der Waals surface area (Å²) in [6.45, 7) is 14.5. The number of nitrogens with zero attached hydrogens (tertiary/aromatic N) is 2. The lowest BCUT2D eigenvalue weighted by Crippen LogP contribution is -2.59. The first-order chi connectivity index (χ1) is 30.1. The molecule has 0 bridgehead atoms. The molecule has 2 aliphatic heterocycles. The highest BCUT2D eigenvalue weighted by Crippen LogP contribution is 2.35. The highest BCUT2D eigenvalue weighted by atomic mass is 16.2. The van der Waals surface area contributed by atoms with Gasteiger partial charge in [0.1, 0.15) is 24.4 Å². The van der Waals surface area contributed by atoms with Crippen molar-refractivity contribution in [2.75, 3.05) is 27.2 Å². The van der Waals surface area contributed by atoms with Crippen molar-refractivity contribution in [2.24, 2.45) is 22.7 Å². The van der Waals surface area contributed by atoms with Crippen molar-refractivity contribution in [1.29, 1.82) is 0 Å². The summed E-state index contributed by atoms with van der Waals surface area (Å²) in [6.07, 6.45) is 5.11. The van der Waals surface area contributed by atoms with Gasteiger partial charge in [0.25, 0.3) is 0 Å². The Kier molecular flexibility index (Phi) is 16.4. The number of fused-ring (bicyclic) bond motifs is 1. The van der Waals surface area contributed by atoms with Crippen LogP contribution in [-0.4, -0.2) is 133 Å². The molecule has 5 unspecified atom stereocenters. The van der Waals surface area contributed by atoms with Crippen LogP contribution in [0.4, 0.5) is 0 Å². The largest absolute Gasteiger partial charge is 0.351 e. The average molecular weight is 892 g/mol. The Bertz CT molecular complexity index is 1910. The van der Waals surface area contributed by atoms with Crippen LogP contribution in [0.25, 0.3) is 0 Å². The maximum atomic E-state index is 14.6. The zero-order valence-corrected chi connectivity index (χ0v) is 39.5. The molecule has 5 rings (SSSR count). The number of likely N-dealkylation sites (tertiary alicyclic amines) is 2. The zero-order valence-electron chi connectivity index (χ0n) is 39.5.